The molecule has 5 rings (SSSR count). The van der Waals surface area contributed by atoms with Crippen molar-refractivity contribution in [3.8, 4) is 11.5 Å². The fourth-order valence-electron chi connectivity index (χ4n) is 4.48. The molecule has 1 unspecified atom stereocenters. The summed E-state index contributed by atoms with van der Waals surface area (Å²) in [7, 11) is 0. The second kappa shape index (κ2) is 10.1. The molecule has 0 spiro atoms. The normalized spacial score (nSPS) is 14.9. The van der Waals surface area contributed by atoms with Gasteiger partial charge >= 0.3 is 0 Å². The zero-order chi connectivity index (χ0) is 25.2. The van der Waals surface area contributed by atoms with Crippen molar-refractivity contribution in [2.75, 3.05) is 13.2 Å². The van der Waals surface area contributed by atoms with E-state index in [0.717, 1.165) is 12.8 Å². The van der Waals surface area contributed by atoms with Crippen molar-refractivity contribution in [3.63, 3.8) is 0 Å². The Morgan fingerprint density at radius 1 is 1.03 bits per heavy atom. The van der Waals surface area contributed by atoms with Crippen LogP contribution in [0.25, 0.3) is 11.0 Å². The van der Waals surface area contributed by atoms with Crippen molar-refractivity contribution in [1.29, 1.82) is 0 Å². The summed E-state index contributed by atoms with van der Waals surface area (Å²) in [4.78, 5) is 28.9. The summed E-state index contributed by atoms with van der Waals surface area (Å²) in [5.41, 5.74) is 0.983. The number of carbonyl (C=O) groups excluding carboxylic acids is 1. The summed E-state index contributed by atoms with van der Waals surface area (Å²) in [6.45, 7) is 5.16. The molecule has 3 heterocycles. The zero-order valence-electron chi connectivity index (χ0n) is 20.1. The smallest absolute Gasteiger partial charge is 0.291 e. The van der Waals surface area contributed by atoms with Gasteiger partial charge in [-0.05, 0) is 61.4 Å². The lowest BCUT2D eigenvalue weighted by Gasteiger charge is -2.25. The molecule has 4 aromatic rings. The van der Waals surface area contributed by atoms with Gasteiger partial charge in [0.2, 0.25) is 5.76 Å². The van der Waals surface area contributed by atoms with Crippen LogP contribution in [0, 0.1) is 0 Å². The minimum atomic E-state index is -0.707. The molecular formula is C28H26ClNO6. The lowest BCUT2D eigenvalue weighted by molar-refractivity contribution is 0.0701. The maximum atomic E-state index is 13.7. The molecular weight excluding hydrogens is 482 g/mol. The number of ether oxygens (including phenoxy) is 2. The predicted octanol–water partition coefficient (Wildman–Crippen LogP) is 6.36. The largest absolute Gasteiger partial charge is 0.490 e. The molecule has 1 aliphatic heterocycles. The number of fused-ring (bicyclic) bond motifs is 2. The molecule has 1 atom stereocenters. The predicted molar refractivity (Wildman–Crippen MR) is 136 cm³/mol. The first kappa shape index (κ1) is 24.0. The van der Waals surface area contributed by atoms with Crippen molar-refractivity contribution < 1.29 is 23.1 Å². The number of carbonyl (C=O) groups is 1. The second-order valence-electron chi connectivity index (χ2n) is 8.57. The quantitative estimate of drug-likeness (QED) is 0.245. The fourth-order valence-corrected chi connectivity index (χ4v) is 4.65. The number of nitrogens with zero attached hydrogens (tertiary/aromatic N) is 1. The average Bonchev–Trinajstić information content (AvgIpc) is 3.48. The molecule has 0 bridgehead atoms. The lowest BCUT2D eigenvalue weighted by atomic mass is 9.98. The van der Waals surface area contributed by atoms with Gasteiger partial charge in [-0.2, -0.15) is 0 Å². The van der Waals surface area contributed by atoms with Crippen LogP contribution >= 0.6 is 11.6 Å². The molecule has 2 aromatic carbocycles. The number of hydrogen-bond donors (Lipinski definition) is 0. The minimum absolute atomic E-state index is 0.0209. The molecule has 36 heavy (non-hydrogen) atoms. The summed E-state index contributed by atoms with van der Waals surface area (Å²) < 4.78 is 23.3. The van der Waals surface area contributed by atoms with E-state index in [1.165, 1.54) is 0 Å². The maximum absolute atomic E-state index is 13.7. The highest BCUT2D eigenvalue weighted by molar-refractivity contribution is 6.31. The number of hydrogen-bond acceptors (Lipinski definition) is 6. The molecule has 1 aliphatic rings. The first-order chi connectivity index (χ1) is 17.5. The van der Waals surface area contributed by atoms with E-state index in [0.29, 0.717) is 52.0 Å². The van der Waals surface area contributed by atoms with E-state index in [4.69, 9.17) is 29.9 Å². The standard InChI is InChI=1S/C28H26ClNO6/c1-3-5-12-35-22-10-8-17(14-23(22)33-4-2)25-24-26(31)20-15-18(29)9-11-21(20)36-27(24)28(32)30(25)16-19-7-6-13-34-19/h6-11,13-15,25H,3-5,12,16H2,1-2H3. The lowest BCUT2D eigenvalue weighted by Crippen LogP contribution is -2.29. The number of halogens is 1. The van der Waals surface area contributed by atoms with Gasteiger partial charge in [-0.15, -0.1) is 0 Å². The first-order valence-electron chi connectivity index (χ1n) is 12.0. The summed E-state index contributed by atoms with van der Waals surface area (Å²) in [5, 5.41) is 0.735. The number of rotatable bonds is 9. The molecule has 0 radical (unpaired) electrons. The van der Waals surface area contributed by atoms with Gasteiger partial charge in [-0.1, -0.05) is 31.0 Å². The van der Waals surface area contributed by atoms with Crippen LogP contribution in [0.3, 0.4) is 0 Å². The average molecular weight is 508 g/mol. The Morgan fingerprint density at radius 2 is 1.89 bits per heavy atom. The summed E-state index contributed by atoms with van der Waals surface area (Å²) >= 11 is 6.17. The van der Waals surface area contributed by atoms with Crippen LogP contribution in [0.15, 0.2) is 68.4 Å². The van der Waals surface area contributed by atoms with Gasteiger partial charge in [0.25, 0.3) is 5.91 Å². The van der Waals surface area contributed by atoms with Crippen molar-refractivity contribution in [2.24, 2.45) is 0 Å². The summed E-state index contributed by atoms with van der Waals surface area (Å²) in [5.74, 6) is 1.40. The Bertz CT molecular complexity index is 1460. The molecule has 8 heteroatoms. The number of benzene rings is 2. The van der Waals surface area contributed by atoms with E-state index in [1.807, 2.05) is 25.1 Å². The van der Waals surface area contributed by atoms with Gasteiger partial charge < -0.3 is 23.2 Å². The van der Waals surface area contributed by atoms with E-state index < -0.39 is 6.04 Å². The van der Waals surface area contributed by atoms with Crippen LogP contribution in [0.4, 0.5) is 0 Å². The molecule has 0 saturated heterocycles. The Hall–Kier alpha value is -3.71. The molecule has 7 nitrogen and oxygen atoms in total. The monoisotopic (exact) mass is 507 g/mol. The number of furan rings is 1. The van der Waals surface area contributed by atoms with Crippen LogP contribution in [0.1, 0.15) is 60.2 Å². The third-order valence-electron chi connectivity index (χ3n) is 6.17. The highest BCUT2D eigenvalue weighted by Gasteiger charge is 2.43. The van der Waals surface area contributed by atoms with Crippen molar-refractivity contribution >= 4 is 28.5 Å². The highest BCUT2D eigenvalue weighted by Crippen LogP contribution is 2.42. The molecule has 0 N–H and O–H groups in total. The van der Waals surface area contributed by atoms with Crippen molar-refractivity contribution in [1.82, 2.24) is 4.90 Å². The van der Waals surface area contributed by atoms with Crippen LogP contribution in [0.2, 0.25) is 5.02 Å². The van der Waals surface area contributed by atoms with E-state index in [-0.39, 0.29) is 29.2 Å². The van der Waals surface area contributed by atoms with Crippen molar-refractivity contribution in [3.05, 3.63) is 92.7 Å². The van der Waals surface area contributed by atoms with Crippen LogP contribution in [-0.2, 0) is 6.54 Å². The van der Waals surface area contributed by atoms with E-state index in [1.54, 1.807) is 41.5 Å². The molecule has 186 valence electrons. The molecule has 0 aliphatic carbocycles. The van der Waals surface area contributed by atoms with E-state index >= 15 is 0 Å². The third-order valence-corrected chi connectivity index (χ3v) is 6.41. The summed E-state index contributed by atoms with van der Waals surface area (Å²) in [6.07, 6.45) is 3.48. The van der Waals surface area contributed by atoms with Gasteiger partial charge in [-0.25, -0.2) is 0 Å². The number of unbranched alkanes of at least 4 members (excludes halogenated alkanes) is 1. The van der Waals surface area contributed by atoms with Gasteiger partial charge in [0, 0.05) is 5.02 Å². The van der Waals surface area contributed by atoms with E-state index in [9.17, 15) is 9.59 Å². The fraction of sp³-hybridized carbons (Fsp3) is 0.286. The van der Waals surface area contributed by atoms with Gasteiger partial charge in [0.15, 0.2) is 16.9 Å². The van der Waals surface area contributed by atoms with E-state index in [2.05, 4.69) is 6.92 Å². The molecule has 0 fully saturated rings. The molecule has 1 amide bonds. The van der Waals surface area contributed by atoms with Crippen LogP contribution < -0.4 is 14.9 Å². The second-order valence-corrected chi connectivity index (χ2v) is 9.01. The van der Waals surface area contributed by atoms with Gasteiger partial charge in [0.05, 0.1) is 43.0 Å². The van der Waals surface area contributed by atoms with Crippen LogP contribution in [-0.4, -0.2) is 24.0 Å². The zero-order valence-corrected chi connectivity index (χ0v) is 20.8. The SMILES string of the molecule is CCCCOc1ccc(C2c3c(oc4ccc(Cl)cc4c3=O)C(=O)N2Cc2ccco2)cc1OCC. The highest BCUT2D eigenvalue weighted by atomic mass is 35.5. The Kier molecular flexibility index (Phi) is 6.74. The maximum Gasteiger partial charge on any atom is 0.291 e. The Morgan fingerprint density at radius 3 is 2.64 bits per heavy atom. The third kappa shape index (κ3) is 4.35. The first-order valence-corrected chi connectivity index (χ1v) is 12.4. The number of amides is 1. The van der Waals surface area contributed by atoms with Gasteiger partial charge in [0.1, 0.15) is 11.3 Å². The minimum Gasteiger partial charge on any atom is -0.490 e. The Labute approximate surface area is 213 Å². The summed E-state index contributed by atoms with van der Waals surface area (Å²) in [6, 6.07) is 13.1. The van der Waals surface area contributed by atoms with Crippen molar-refractivity contribution in [2.45, 2.75) is 39.3 Å². The molecule has 2 aromatic heterocycles. The topological polar surface area (TPSA) is 82.1 Å². The molecule has 0 saturated carbocycles. The van der Waals surface area contributed by atoms with Gasteiger partial charge in [-0.3, -0.25) is 9.59 Å². The van der Waals surface area contributed by atoms with Crippen LogP contribution in [0.5, 0.6) is 11.5 Å². The Balaban J connectivity index is 1.66.